The van der Waals surface area contributed by atoms with E-state index in [1.807, 2.05) is 32.0 Å². The van der Waals surface area contributed by atoms with Gasteiger partial charge in [-0.05, 0) is 42.8 Å². The highest BCUT2D eigenvalue weighted by Gasteiger charge is 2.21. The van der Waals surface area contributed by atoms with Gasteiger partial charge in [0, 0.05) is 23.3 Å². The molecule has 1 heterocycles. The highest BCUT2D eigenvalue weighted by molar-refractivity contribution is 6.36. The summed E-state index contributed by atoms with van der Waals surface area (Å²) in [6.45, 7) is 5.96. The molecule has 0 aliphatic heterocycles. The normalized spacial score (nSPS) is 10.4. The van der Waals surface area contributed by atoms with Gasteiger partial charge in [0.25, 0.3) is 11.5 Å². The molecule has 0 atom stereocenters. The number of rotatable bonds is 4. The van der Waals surface area contributed by atoms with Crippen molar-refractivity contribution in [1.29, 1.82) is 0 Å². The first-order chi connectivity index (χ1) is 15.5. The maximum absolute atomic E-state index is 13.3. The summed E-state index contributed by atoms with van der Waals surface area (Å²) in [5.74, 6) is -0.676. The summed E-state index contributed by atoms with van der Waals surface area (Å²) in [6.07, 6.45) is 0. The molecular weight excluding hydrogens is 427 g/mol. The van der Waals surface area contributed by atoms with E-state index >= 15 is 0 Å². The molecule has 1 N–H and O–H groups in total. The third-order valence-electron chi connectivity index (χ3n) is 5.00. The summed E-state index contributed by atoms with van der Waals surface area (Å²) < 4.78 is 14.6. The van der Waals surface area contributed by atoms with E-state index in [2.05, 4.69) is 5.32 Å². The summed E-state index contributed by atoms with van der Waals surface area (Å²) in [4.78, 5) is 26.5. The van der Waals surface area contributed by atoms with Crippen molar-refractivity contribution < 1.29 is 9.18 Å². The lowest BCUT2D eigenvalue weighted by Crippen LogP contribution is -2.29. The monoisotopic (exact) mass is 450 g/mol. The van der Waals surface area contributed by atoms with E-state index in [1.165, 1.54) is 16.7 Å². The first-order valence-electron chi connectivity index (χ1n) is 10.4. The fourth-order valence-corrected chi connectivity index (χ4v) is 3.82. The number of nitrogens with one attached hydrogen (secondary N) is 1. The number of benzene rings is 3. The minimum Gasteiger partial charge on any atom is -0.348 e. The lowest BCUT2D eigenvalue weighted by atomic mass is 10.0. The van der Waals surface area contributed by atoms with E-state index in [0.717, 1.165) is 5.56 Å². The zero-order chi connectivity index (χ0) is 23.3. The van der Waals surface area contributed by atoms with E-state index in [4.69, 9.17) is 11.6 Å². The van der Waals surface area contributed by atoms with Gasteiger partial charge in [-0.3, -0.25) is 14.2 Å². The van der Waals surface area contributed by atoms with Crippen molar-refractivity contribution >= 4 is 28.3 Å². The molecule has 4 nitrogen and oxygen atoms in total. The van der Waals surface area contributed by atoms with Crippen molar-refractivity contribution in [2.75, 3.05) is 0 Å². The number of hydrogen-bond donors (Lipinski definition) is 1. The van der Waals surface area contributed by atoms with Crippen LogP contribution in [0.15, 0.2) is 77.6 Å². The standard InChI is InChI=1S/C24H18ClFN2O2.C2H6/c1-15-21(23(29)27-14-16-10-12-17(26)13-11-16)19-8-5-9-20(25)22(19)24(30)28(15)18-6-3-2-4-7-18;1-2/h2-13H,14H2,1H3,(H,27,29);1-2H3. The Morgan fingerprint density at radius 3 is 2.28 bits per heavy atom. The second kappa shape index (κ2) is 10.2. The minimum absolute atomic E-state index is 0.227. The summed E-state index contributed by atoms with van der Waals surface area (Å²) in [7, 11) is 0. The van der Waals surface area contributed by atoms with Crippen molar-refractivity contribution in [3.05, 3.63) is 111 Å². The predicted molar refractivity (Wildman–Crippen MR) is 128 cm³/mol. The van der Waals surface area contributed by atoms with Gasteiger partial charge in [0.05, 0.1) is 16.0 Å². The van der Waals surface area contributed by atoms with Crippen LogP contribution in [0.3, 0.4) is 0 Å². The number of fused-ring (bicyclic) bond motifs is 1. The molecule has 1 amide bonds. The first-order valence-corrected chi connectivity index (χ1v) is 10.8. The molecule has 0 aliphatic rings. The van der Waals surface area contributed by atoms with Gasteiger partial charge in [0.2, 0.25) is 0 Å². The molecule has 0 saturated carbocycles. The number of pyridine rings is 1. The molecule has 0 bridgehead atoms. The third-order valence-corrected chi connectivity index (χ3v) is 5.32. The highest BCUT2D eigenvalue weighted by atomic mass is 35.5. The summed E-state index contributed by atoms with van der Waals surface area (Å²) in [6, 6.07) is 20.1. The van der Waals surface area contributed by atoms with Gasteiger partial charge in [-0.25, -0.2) is 4.39 Å². The molecule has 4 rings (SSSR count). The Kier molecular flexibility index (Phi) is 7.44. The Morgan fingerprint density at radius 1 is 0.969 bits per heavy atom. The van der Waals surface area contributed by atoms with Crippen LogP contribution < -0.4 is 10.9 Å². The molecule has 4 aromatic rings. The highest BCUT2D eigenvalue weighted by Crippen LogP contribution is 2.27. The Hall–Kier alpha value is -3.44. The number of carbonyl (C=O) groups is 1. The quantitative estimate of drug-likeness (QED) is 0.411. The Labute approximate surface area is 191 Å². The Morgan fingerprint density at radius 2 is 1.62 bits per heavy atom. The molecule has 0 saturated heterocycles. The number of nitrogens with zero attached hydrogens (tertiary/aromatic N) is 1. The number of para-hydroxylation sites is 1. The Bertz CT molecular complexity index is 1300. The average molecular weight is 451 g/mol. The van der Waals surface area contributed by atoms with Crippen LogP contribution in [0.25, 0.3) is 16.5 Å². The van der Waals surface area contributed by atoms with Crippen LogP contribution in [0, 0.1) is 12.7 Å². The first kappa shape index (κ1) is 23.2. The maximum Gasteiger partial charge on any atom is 0.264 e. The summed E-state index contributed by atoms with van der Waals surface area (Å²) in [5.41, 5.74) is 2.01. The molecule has 1 aromatic heterocycles. The predicted octanol–water partition coefficient (Wildman–Crippen LogP) is 6.05. The van der Waals surface area contributed by atoms with Gasteiger partial charge in [0.1, 0.15) is 5.82 Å². The maximum atomic E-state index is 13.3. The van der Waals surface area contributed by atoms with E-state index in [1.54, 1.807) is 49.4 Å². The van der Waals surface area contributed by atoms with E-state index in [9.17, 15) is 14.0 Å². The van der Waals surface area contributed by atoms with Gasteiger partial charge < -0.3 is 5.32 Å². The van der Waals surface area contributed by atoms with Crippen molar-refractivity contribution in [3.8, 4) is 5.69 Å². The molecular formula is C26H24ClFN2O2. The lowest BCUT2D eigenvalue weighted by molar-refractivity contribution is 0.0951. The molecule has 164 valence electrons. The lowest BCUT2D eigenvalue weighted by Gasteiger charge is -2.18. The van der Waals surface area contributed by atoms with E-state index < -0.39 is 0 Å². The topological polar surface area (TPSA) is 51.1 Å². The number of carbonyl (C=O) groups excluding carboxylic acids is 1. The third kappa shape index (κ3) is 4.58. The molecule has 0 fully saturated rings. The second-order valence-corrected chi connectivity index (χ2v) is 7.32. The molecule has 0 radical (unpaired) electrons. The fraction of sp³-hybridized carbons (Fsp3) is 0.154. The van der Waals surface area contributed by atoms with Crippen LogP contribution in [0.4, 0.5) is 4.39 Å². The largest absolute Gasteiger partial charge is 0.348 e. The smallest absolute Gasteiger partial charge is 0.264 e. The SMILES string of the molecule is CC.Cc1c(C(=O)NCc2ccc(F)cc2)c2cccc(Cl)c2c(=O)n1-c1ccccc1. The van der Waals surface area contributed by atoms with Crippen LogP contribution in [0.2, 0.25) is 5.02 Å². The van der Waals surface area contributed by atoms with Gasteiger partial charge in [-0.15, -0.1) is 0 Å². The van der Waals surface area contributed by atoms with Gasteiger partial charge in [0.15, 0.2) is 0 Å². The molecule has 0 aliphatic carbocycles. The number of halogens is 2. The van der Waals surface area contributed by atoms with Crippen LogP contribution >= 0.6 is 11.6 Å². The second-order valence-electron chi connectivity index (χ2n) is 6.91. The molecule has 32 heavy (non-hydrogen) atoms. The number of aromatic nitrogens is 1. The van der Waals surface area contributed by atoms with Crippen LogP contribution in [0.1, 0.15) is 35.5 Å². The van der Waals surface area contributed by atoms with Gasteiger partial charge in [-0.2, -0.15) is 0 Å². The van der Waals surface area contributed by atoms with E-state index in [0.29, 0.717) is 27.7 Å². The minimum atomic E-state index is -0.339. The molecule has 6 heteroatoms. The fourth-order valence-electron chi connectivity index (χ4n) is 3.57. The number of hydrogen-bond acceptors (Lipinski definition) is 2. The number of amides is 1. The summed E-state index contributed by atoms with van der Waals surface area (Å²) >= 11 is 6.36. The molecule has 3 aromatic carbocycles. The van der Waals surface area contributed by atoms with Gasteiger partial charge >= 0.3 is 0 Å². The molecule has 0 unspecified atom stereocenters. The summed E-state index contributed by atoms with van der Waals surface area (Å²) in [5, 5.41) is 3.94. The molecule has 0 spiro atoms. The van der Waals surface area contributed by atoms with Crippen molar-refractivity contribution in [3.63, 3.8) is 0 Å². The average Bonchev–Trinajstić information content (AvgIpc) is 2.81. The van der Waals surface area contributed by atoms with Gasteiger partial charge in [-0.1, -0.05) is 67.9 Å². The van der Waals surface area contributed by atoms with E-state index in [-0.39, 0.29) is 28.9 Å². The van der Waals surface area contributed by atoms with Crippen LogP contribution in [-0.4, -0.2) is 10.5 Å². The zero-order valence-corrected chi connectivity index (χ0v) is 18.9. The Balaban J connectivity index is 0.00000141. The van der Waals surface area contributed by atoms with Crippen molar-refractivity contribution in [1.82, 2.24) is 9.88 Å². The van der Waals surface area contributed by atoms with Crippen molar-refractivity contribution in [2.45, 2.75) is 27.3 Å². The zero-order valence-electron chi connectivity index (χ0n) is 18.2. The van der Waals surface area contributed by atoms with Crippen LogP contribution in [-0.2, 0) is 6.54 Å². The van der Waals surface area contributed by atoms with Crippen molar-refractivity contribution in [2.24, 2.45) is 0 Å². The van der Waals surface area contributed by atoms with Crippen LogP contribution in [0.5, 0.6) is 0 Å².